The fourth-order valence-electron chi connectivity index (χ4n) is 2.16. The van der Waals surface area contributed by atoms with Gasteiger partial charge in [-0.2, -0.15) is 0 Å². The van der Waals surface area contributed by atoms with Crippen molar-refractivity contribution in [3.8, 4) is 0 Å². The maximum absolute atomic E-state index is 12.3. The molecule has 7 heteroatoms. The lowest BCUT2D eigenvalue weighted by Crippen LogP contribution is -2.39. The number of piperidine rings is 1. The van der Waals surface area contributed by atoms with E-state index in [-0.39, 0.29) is 12.5 Å². The number of halogens is 1. The van der Waals surface area contributed by atoms with Crippen LogP contribution in [0.25, 0.3) is 0 Å². The number of likely N-dealkylation sites (tertiary alicyclic amines) is 1. The van der Waals surface area contributed by atoms with Gasteiger partial charge in [0.2, 0.25) is 0 Å². The van der Waals surface area contributed by atoms with Crippen LogP contribution in [-0.2, 0) is 0 Å². The smallest absolute Gasteiger partial charge is 0.255 e. The van der Waals surface area contributed by atoms with Crippen LogP contribution >= 0.6 is 11.6 Å². The third kappa shape index (κ3) is 3.15. The molecule has 1 aliphatic rings. The van der Waals surface area contributed by atoms with Crippen molar-refractivity contribution in [2.75, 3.05) is 25.1 Å². The van der Waals surface area contributed by atoms with Crippen LogP contribution < -0.4 is 11.3 Å². The molecule has 0 saturated carbocycles. The van der Waals surface area contributed by atoms with Crippen molar-refractivity contribution >= 4 is 23.3 Å². The van der Waals surface area contributed by atoms with Crippen LogP contribution in [0.5, 0.6) is 0 Å². The number of carbonyl (C=O) groups excluding carboxylic acids is 1. The number of rotatable bonds is 3. The molecule has 4 N–H and O–H groups in total. The summed E-state index contributed by atoms with van der Waals surface area (Å²) in [5, 5.41) is 9.40. The first-order valence-corrected chi connectivity index (χ1v) is 6.55. The molecule has 0 unspecified atom stereocenters. The highest BCUT2D eigenvalue weighted by molar-refractivity contribution is 6.33. The van der Waals surface area contributed by atoms with Crippen molar-refractivity contribution in [1.29, 1.82) is 0 Å². The minimum Gasteiger partial charge on any atom is -0.396 e. The molecule has 1 aromatic rings. The highest BCUT2D eigenvalue weighted by Crippen LogP contribution is 2.22. The predicted octanol–water partition coefficient (Wildman–Crippen LogP) is 0.865. The van der Waals surface area contributed by atoms with Gasteiger partial charge in [0.1, 0.15) is 0 Å². The fraction of sp³-hybridized carbons (Fsp3) is 0.500. The molecule has 1 fully saturated rings. The van der Waals surface area contributed by atoms with Crippen molar-refractivity contribution in [3.05, 3.63) is 22.8 Å². The molecule has 104 valence electrons. The second-order valence-electron chi connectivity index (χ2n) is 4.62. The molecule has 1 amide bonds. The Hall–Kier alpha value is -1.37. The number of nitrogens with zero attached hydrogens (tertiary/aromatic N) is 2. The van der Waals surface area contributed by atoms with E-state index in [2.05, 4.69) is 10.4 Å². The van der Waals surface area contributed by atoms with E-state index in [1.54, 1.807) is 11.0 Å². The zero-order chi connectivity index (χ0) is 13.8. The number of hydrogen-bond donors (Lipinski definition) is 3. The Morgan fingerprint density at radius 3 is 2.79 bits per heavy atom. The van der Waals surface area contributed by atoms with Gasteiger partial charge in [-0.15, -0.1) is 0 Å². The molecule has 1 saturated heterocycles. The Morgan fingerprint density at radius 2 is 2.26 bits per heavy atom. The van der Waals surface area contributed by atoms with Crippen LogP contribution in [0.4, 0.5) is 5.82 Å². The van der Waals surface area contributed by atoms with Crippen LogP contribution in [-0.4, -0.2) is 40.6 Å². The van der Waals surface area contributed by atoms with Gasteiger partial charge in [-0.05, 0) is 24.8 Å². The predicted molar refractivity (Wildman–Crippen MR) is 72.8 cm³/mol. The van der Waals surface area contributed by atoms with Gasteiger partial charge in [0.05, 0.1) is 10.6 Å². The zero-order valence-corrected chi connectivity index (χ0v) is 11.2. The summed E-state index contributed by atoms with van der Waals surface area (Å²) in [6, 6.07) is 1.56. The number of aliphatic hydroxyl groups excluding tert-OH is 1. The average molecular weight is 285 g/mol. The summed E-state index contributed by atoms with van der Waals surface area (Å²) >= 11 is 5.95. The van der Waals surface area contributed by atoms with Gasteiger partial charge >= 0.3 is 0 Å². The number of carbonyl (C=O) groups is 1. The second kappa shape index (κ2) is 6.18. The number of anilines is 1. The lowest BCUT2D eigenvalue weighted by molar-refractivity contribution is 0.0650. The third-order valence-corrected chi connectivity index (χ3v) is 3.67. The molecule has 0 spiro atoms. The van der Waals surface area contributed by atoms with E-state index in [1.807, 2.05) is 0 Å². The van der Waals surface area contributed by atoms with Crippen molar-refractivity contribution in [3.63, 3.8) is 0 Å². The van der Waals surface area contributed by atoms with Crippen molar-refractivity contribution in [1.82, 2.24) is 9.88 Å². The quantitative estimate of drug-likeness (QED) is 0.566. The number of aliphatic hydroxyl groups is 1. The first-order valence-electron chi connectivity index (χ1n) is 6.18. The summed E-state index contributed by atoms with van der Waals surface area (Å²) in [5.74, 6) is 5.79. The number of hydrazine groups is 1. The topological polar surface area (TPSA) is 91.5 Å². The molecule has 0 aromatic carbocycles. The van der Waals surface area contributed by atoms with Crippen LogP contribution in [0, 0.1) is 5.92 Å². The Bertz CT molecular complexity index is 461. The third-order valence-electron chi connectivity index (χ3n) is 3.38. The maximum Gasteiger partial charge on any atom is 0.255 e. The number of aromatic nitrogens is 1. The van der Waals surface area contributed by atoms with E-state index in [9.17, 15) is 4.79 Å². The van der Waals surface area contributed by atoms with Gasteiger partial charge in [0.15, 0.2) is 5.82 Å². The van der Waals surface area contributed by atoms with Crippen molar-refractivity contribution < 1.29 is 9.90 Å². The highest BCUT2D eigenvalue weighted by Gasteiger charge is 2.23. The number of nitrogens with two attached hydrogens (primary N) is 1. The number of nitrogens with one attached hydrogen (secondary N) is 1. The number of hydrogen-bond acceptors (Lipinski definition) is 5. The Labute approximate surface area is 116 Å². The summed E-state index contributed by atoms with van der Waals surface area (Å²) in [7, 11) is 0. The molecular weight excluding hydrogens is 268 g/mol. The maximum atomic E-state index is 12.3. The monoisotopic (exact) mass is 284 g/mol. The van der Waals surface area contributed by atoms with E-state index in [4.69, 9.17) is 22.6 Å². The summed E-state index contributed by atoms with van der Waals surface area (Å²) in [6.45, 7) is 1.49. The van der Waals surface area contributed by atoms with Crippen molar-refractivity contribution in [2.45, 2.75) is 12.8 Å². The number of nitrogen functional groups attached to an aromatic ring is 1. The summed E-state index contributed by atoms with van der Waals surface area (Å²) < 4.78 is 0. The summed E-state index contributed by atoms with van der Waals surface area (Å²) in [4.78, 5) is 18.0. The minimum absolute atomic E-state index is 0.0886. The van der Waals surface area contributed by atoms with Gasteiger partial charge in [0.25, 0.3) is 5.91 Å². The lowest BCUT2D eigenvalue weighted by Gasteiger charge is -2.31. The zero-order valence-electron chi connectivity index (χ0n) is 10.5. The lowest BCUT2D eigenvalue weighted by atomic mass is 9.97. The Balaban J connectivity index is 2.06. The molecule has 2 heterocycles. The molecule has 1 aromatic heterocycles. The second-order valence-corrected chi connectivity index (χ2v) is 5.02. The van der Waals surface area contributed by atoms with Gasteiger partial charge in [-0.25, -0.2) is 10.8 Å². The first-order chi connectivity index (χ1) is 9.15. The largest absolute Gasteiger partial charge is 0.396 e. The van der Waals surface area contributed by atoms with Crippen LogP contribution in [0.1, 0.15) is 23.2 Å². The van der Waals surface area contributed by atoms with Crippen LogP contribution in [0.2, 0.25) is 5.02 Å². The van der Waals surface area contributed by atoms with E-state index in [0.29, 0.717) is 35.4 Å². The Kier molecular flexibility index (Phi) is 4.57. The highest BCUT2D eigenvalue weighted by atomic mass is 35.5. The molecule has 19 heavy (non-hydrogen) atoms. The van der Waals surface area contributed by atoms with E-state index >= 15 is 0 Å². The molecule has 1 aliphatic heterocycles. The average Bonchev–Trinajstić information content (AvgIpc) is 2.46. The SMILES string of the molecule is NNc1ncc(C(=O)N2CCC(CO)CC2)cc1Cl. The molecule has 6 nitrogen and oxygen atoms in total. The van der Waals surface area contributed by atoms with Gasteiger partial charge < -0.3 is 15.4 Å². The standard InChI is InChI=1S/C12H17ClN4O2/c13-10-5-9(6-15-11(10)16-14)12(19)17-3-1-8(7-18)2-4-17/h5-6,8,18H,1-4,7,14H2,(H,15,16). The van der Waals surface area contributed by atoms with Gasteiger partial charge in [-0.3, -0.25) is 4.79 Å². The normalized spacial score (nSPS) is 16.5. The van der Waals surface area contributed by atoms with Gasteiger partial charge in [0, 0.05) is 25.9 Å². The first kappa shape index (κ1) is 14.0. The molecule has 2 rings (SSSR count). The summed E-state index contributed by atoms with van der Waals surface area (Å²) in [5.41, 5.74) is 2.81. The molecule has 0 atom stereocenters. The fourth-order valence-corrected chi connectivity index (χ4v) is 2.38. The minimum atomic E-state index is -0.0886. The Morgan fingerprint density at radius 1 is 1.58 bits per heavy atom. The molecule has 0 aliphatic carbocycles. The van der Waals surface area contributed by atoms with E-state index in [0.717, 1.165) is 12.8 Å². The van der Waals surface area contributed by atoms with E-state index in [1.165, 1.54) is 6.20 Å². The van der Waals surface area contributed by atoms with Crippen molar-refractivity contribution in [2.24, 2.45) is 11.8 Å². The molecule has 0 bridgehead atoms. The number of amides is 1. The van der Waals surface area contributed by atoms with Crippen LogP contribution in [0.15, 0.2) is 12.3 Å². The van der Waals surface area contributed by atoms with Crippen LogP contribution in [0.3, 0.4) is 0 Å². The van der Waals surface area contributed by atoms with Gasteiger partial charge in [-0.1, -0.05) is 11.6 Å². The summed E-state index contributed by atoms with van der Waals surface area (Å²) in [6.07, 6.45) is 3.11. The van der Waals surface area contributed by atoms with E-state index < -0.39 is 0 Å². The molecule has 0 radical (unpaired) electrons. The molecular formula is C12H17ClN4O2. The number of pyridine rings is 1.